The summed E-state index contributed by atoms with van der Waals surface area (Å²) in [6.07, 6.45) is -1.90. The minimum Gasteiger partial charge on any atom is -0.497 e. The van der Waals surface area contributed by atoms with Gasteiger partial charge in [0.1, 0.15) is 35.4 Å². The van der Waals surface area contributed by atoms with E-state index in [2.05, 4.69) is 67.6 Å². The van der Waals surface area contributed by atoms with Gasteiger partial charge in [0.25, 0.3) is 20.0 Å². The standard InChI is InChI=1S/C54H68N7O9PSi/c1-11-60(12-2)71(67-33-19-32-55)69-47-45(34-66-54(40-22-17-14-18-23-40,41-24-28-43(64-9)29-25-41)42-26-30-44(65-10)31-27-42)68-52(48(47)70-72(36(3)4,37(5)6)38(7)8)61-35-56-46-49(61)57-53(59-51(46)63)58-50(62)39-20-15-13-16-21-39/h13-18,20-31,35-38,45,47-48,52H,11-12,19,33-34H2,1-10H3,(H2,57,58,59,62,63)/t45-,47-,48-,52-,71?/m1/s1. The highest BCUT2D eigenvalue weighted by molar-refractivity contribution is 7.44. The molecule has 16 nitrogen and oxygen atoms in total. The van der Waals surface area contributed by atoms with Crippen LogP contribution in [0, 0.1) is 11.3 Å². The van der Waals surface area contributed by atoms with Gasteiger partial charge in [-0.1, -0.05) is 128 Å². The maximum absolute atomic E-state index is 13.9. The number of benzene rings is 4. The molecule has 0 bridgehead atoms. The van der Waals surface area contributed by atoms with E-state index in [1.165, 1.54) is 6.33 Å². The zero-order valence-electron chi connectivity index (χ0n) is 42.9. The Morgan fingerprint density at radius 2 is 1.40 bits per heavy atom. The van der Waals surface area contributed by atoms with Crippen LogP contribution in [0.1, 0.15) is 95.1 Å². The number of nitrogens with one attached hydrogen (secondary N) is 2. The summed E-state index contributed by atoms with van der Waals surface area (Å²) in [6, 6.07) is 36.6. The van der Waals surface area contributed by atoms with Crippen LogP contribution < -0.4 is 20.3 Å². The van der Waals surface area contributed by atoms with Gasteiger partial charge in [0.05, 0.1) is 46.3 Å². The highest BCUT2D eigenvalue weighted by atomic mass is 31.2. The molecule has 3 heterocycles. The number of hydrogen-bond acceptors (Lipinski definition) is 13. The van der Waals surface area contributed by atoms with Crippen molar-refractivity contribution in [3.8, 4) is 17.6 Å². The number of nitrogens with zero attached hydrogens (tertiary/aromatic N) is 5. The summed E-state index contributed by atoms with van der Waals surface area (Å²) >= 11 is 0. The molecule has 2 N–H and O–H groups in total. The Bertz CT molecular complexity index is 2720. The summed E-state index contributed by atoms with van der Waals surface area (Å²) < 4.78 is 51.8. The van der Waals surface area contributed by atoms with Crippen LogP contribution in [0.25, 0.3) is 11.2 Å². The molecule has 6 aromatic rings. The Morgan fingerprint density at radius 1 is 0.847 bits per heavy atom. The lowest BCUT2D eigenvalue weighted by Gasteiger charge is -2.46. The van der Waals surface area contributed by atoms with E-state index in [4.69, 9.17) is 37.4 Å². The third kappa shape index (κ3) is 11.2. The molecule has 0 saturated carbocycles. The fourth-order valence-electron chi connectivity index (χ4n) is 10.1. The number of aromatic nitrogens is 4. The molecule has 4 aromatic carbocycles. The highest BCUT2D eigenvalue weighted by Gasteiger charge is 2.56. The summed E-state index contributed by atoms with van der Waals surface area (Å²) in [7, 11) is -1.37. The Morgan fingerprint density at radius 3 is 1.93 bits per heavy atom. The molecule has 7 rings (SSSR count). The average Bonchev–Trinajstić information content (AvgIpc) is 3.97. The summed E-state index contributed by atoms with van der Waals surface area (Å²) in [5.41, 5.74) is 1.73. The fourth-order valence-corrected chi connectivity index (χ4v) is 17.2. The van der Waals surface area contributed by atoms with Crippen LogP contribution in [0.2, 0.25) is 16.6 Å². The monoisotopic (exact) mass is 1020 g/mol. The van der Waals surface area contributed by atoms with E-state index in [1.807, 2.05) is 98.8 Å². The van der Waals surface area contributed by atoms with Crippen LogP contribution in [-0.2, 0) is 28.5 Å². The number of rotatable bonds is 24. The van der Waals surface area contributed by atoms with Crippen molar-refractivity contribution in [2.75, 3.05) is 45.8 Å². The molecular formula is C54H68N7O9PSi. The Hall–Kier alpha value is -5.80. The van der Waals surface area contributed by atoms with Crippen LogP contribution in [0.3, 0.4) is 0 Å². The molecule has 5 atom stereocenters. The van der Waals surface area contributed by atoms with Gasteiger partial charge in [0, 0.05) is 18.7 Å². The number of hydrogen-bond donors (Lipinski definition) is 2. The third-order valence-electron chi connectivity index (χ3n) is 13.5. The summed E-state index contributed by atoms with van der Waals surface area (Å²) in [5.74, 6) is 0.849. The first-order valence-corrected chi connectivity index (χ1v) is 27.9. The second kappa shape index (κ2) is 24.3. The molecule has 1 saturated heterocycles. The molecule has 382 valence electrons. The minimum atomic E-state index is -2.82. The number of methoxy groups -OCH3 is 2. The van der Waals surface area contributed by atoms with Gasteiger partial charge in [-0.15, -0.1) is 0 Å². The Labute approximate surface area is 425 Å². The normalized spacial score (nSPS) is 17.7. The average molecular weight is 1020 g/mol. The van der Waals surface area contributed by atoms with E-state index < -0.39 is 58.5 Å². The van der Waals surface area contributed by atoms with E-state index in [0.717, 1.165) is 16.7 Å². The van der Waals surface area contributed by atoms with Gasteiger partial charge in [-0.3, -0.25) is 24.5 Å². The number of ether oxygens (including phenoxy) is 4. The molecule has 0 spiro atoms. The molecule has 18 heteroatoms. The molecule has 1 aliphatic rings. The number of amides is 1. The lowest BCUT2D eigenvalue weighted by molar-refractivity contribution is -0.0925. The van der Waals surface area contributed by atoms with E-state index in [9.17, 15) is 14.9 Å². The van der Waals surface area contributed by atoms with E-state index >= 15 is 0 Å². The second-order valence-corrected chi connectivity index (χ2v) is 25.4. The van der Waals surface area contributed by atoms with Crippen LogP contribution in [0.4, 0.5) is 5.95 Å². The first-order valence-electron chi connectivity index (χ1n) is 24.6. The molecule has 1 fully saturated rings. The number of fused-ring (bicyclic) bond motifs is 1. The molecule has 1 unspecified atom stereocenters. The first-order chi connectivity index (χ1) is 34.7. The minimum absolute atomic E-state index is 0.0413. The van der Waals surface area contributed by atoms with Gasteiger partial charge >= 0.3 is 0 Å². The number of imidazole rings is 1. The molecule has 2 aromatic heterocycles. The lowest BCUT2D eigenvalue weighted by Crippen LogP contribution is -2.54. The molecule has 72 heavy (non-hydrogen) atoms. The van der Waals surface area contributed by atoms with Gasteiger partial charge < -0.3 is 32.4 Å². The second-order valence-electron chi connectivity index (χ2n) is 18.5. The van der Waals surface area contributed by atoms with Crippen LogP contribution in [0.15, 0.2) is 120 Å². The maximum Gasteiger partial charge on any atom is 0.280 e. The molecule has 0 aliphatic carbocycles. The third-order valence-corrected chi connectivity index (χ3v) is 21.5. The largest absolute Gasteiger partial charge is 0.497 e. The Kier molecular flexibility index (Phi) is 18.2. The van der Waals surface area contributed by atoms with E-state index in [0.29, 0.717) is 30.2 Å². The van der Waals surface area contributed by atoms with E-state index in [-0.39, 0.29) is 53.4 Å². The van der Waals surface area contributed by atoms with Crippen molar-refractivity contribution in [2.45, 2.75) is 109 Å². The zero-order chi connectivity index (χ0) is 51.6. The van der Waals surface area contributed by atoms with Crippen molar-refractivity contribution in [1.29, 1.82) is 5.26 Å². The lowest BCUT2D eigenvalue weighted by atomic mass is 9.80. The van der Waals surface area contributed by atoms with Crippen molar-refractivity contribution in [3.63, 3.8) is 0 Å². The maximum atomic E-state index is 13.9. The van der Waals surface area contributed by atoms with Crippen molar-refractivity contribution in [2.24, 2.45) is 0 Å². The Balaban J connectivity index is 1.44. The topological polar surface area (TPSA) is 184 Å². The van der Waals surface area contributed by atoms with Gasteiger partial charge in [-0.2, -0.15) is 10.2 Å². The van der Waals surface area contributed by atoms with Crippen LogP contribution in [-0.4, -0.2) is 97.2 Å². The summed E-state index contributed by atoms with van der Waals surface area (Å²) in [5, 5.41) is 12.4. The number of aromatic amines is 1. The predicted octanol–water partition coefficient (Wildman–Crippen LogP) is 10.7. The molecule has 1 amide bonds. The summed E-state index contributed by atoms with van der Waals surface area (Å²) in [4.78, 5) is 39.4. The number of carbonyl (C=O) groups excluding carboxylic acids is 1. The zero-order valence-corrected chi connectivity index (χ0v) is 44.8. The summed E-state index contributed by atoms with van der Waals surface area (Å²) in [6.45, 7) is 18.7. The van der Waals surface area contributed by atoms with Crippen LogP contribution in [0.5, 0.6) is 11.5 Å². The number of carbonyl (C=O) groups is 1. The SMILES string of the molecule is CCN(CC)P(OCCC#N)O[C@H]1[C@@H](O[Si](C(C)C)(C(C)C)C(C)C)[C@H](n2cnc3c(=O)[nH]c(NC(=O)c4ccccc4)nc32)O[C@@H]1COC(c1ccccc1)(c1ccc(OC)cc1)c1ccc(OC)cc1. The fraction of sp³-hybridized carbons (Fsp3) is 0.426. The smallest absolute Gasteiger partial charge is 0.280 e. The molecule has 1 aliphatic heterocycles. The number of H-pyrrole nitrogens is 1. The van der Waals surface area contributed by atoms with Crippen molar-refractivity contribution < 1.29 is 37.2 Å². The van der Waals surface area contributed by atoms with E-state index in [1.54, 1.807) is 43.1 Å². The highest BCUT2D eigenvalue weighted by Crippen LogP contribution is 2.52. The van der Waals surface area contributed by atoms with Crippen LogP contribution >= 0.6 is 8.53 Å². The first kappa shape index (κ1) is 54.0. The predicted molar refractivity (Wildman–Crippen MR) is 282 cm³/mol. The van der Waals surface area contributed by atoms with Gasteiger partial charge in [0.2, 0.25) is 14.3 Å². The van der Waals surface area contributed by atoms with Crippen molar-refractivity contribution >= 4 is 39.9 Å². The quantitative estimate of drug-likeness (QED) is 0.0253. The van der Waals surface area contributed by atoms with Crippen molar-refractivity contribution in [1.82, 2.24) is 24.2 Å². The van der Waals surface area contributed by atoms with Crippen molar-refractivity contribution in [3.05, 3.63) is 148 Å². The molecule has 0 radical (unpaired) electrons. The molecular weight excluding hydrogens is 950 g/mol. The number of anilines is 1. The van der Waals surface area contributed by atoms with Gasteiger partial charge in [0.15, 0.2) is 17.4 Å². The van der Waals surface area contributed by atoms with Gasteiger partial charge in [-0.25, -0.2) is 9.65 Å². The van der Waals surface area contributed by atoms with Gasteiger partial charge in [-0.05, 0) is 69.7 Å². The number of nitriles is 1.